The number of rotatable bonds is 2. The van der Waals surface area contributed by atoms with E-state index < -0.39 is 0 Å². The van der Waals surface area contributed by atoms with Gasteiger partial charge in [-0.3, -0.25) is 4.79 Å². The van der Waals surface area contributed by atoms with Crippen molar-refractivity contribution in [1.29, 1.82) is 0 Å². The lowest BCUT2D eigenvalue weighted by atomic mass is 10.0. The molecule has 4 nitrogen and oxygen atoms in total. The zero-order valence-electron chi connectivity index (χ0n) is 10.8. The van der Waals surface area contributed by atoms with Gasteiger partial charge in [-0.2, -0.15) is 0 Å². The third-order valence-electron chi connectivity index (χ3n) is 3.63. The molecule has 2 fully saturated rings. The standard InChI is InChI=1S/C13H15Br2NO3S/c14-8-7-10(20-11(8)15)12(17)16-4-2-1-3-9(16)13-18-5-6-19-13/h7,9,13H,1-6H2. The lowest BCUT2D eigenvalue weighted by Crippen LogP contribution is -2.50. The van der Waals surface area contributed by atoms with Gasteiger partial charge in [0.05, 0.1) is 27.9 Å². The van der Waals surface area contributed by atoms with Crippen LogP contribution in [0.2, 0.25) is 0 Å². The van der Waals surface area contributed by atoms with Crippen LogP contribution >= 0.6 is 43.2 Å². The Balaban J connectivity index is 1.79. The van der Waals surface area contributed by atoms with Gasteiger partial charge < -0.3 is 14.4 Å². The lowest BCUT2D eigenvalue weighted by molar-refractivity contribution is -0.100. The molecule has 7 heteroatoms. The lowest BCUT2D eigenvalue weighted by Gasteiger charge is -2.37. The van der Waals surface area contributed by atoms with Crippen molar-refractivity contribution in [3.05, 3.63) is 19.2 Å². The van der Waals surface area contributed by atoms with E-state index >= 15 is 0 Å². The summed E-state index contributed by atoms with van der Waals surface area (Å²) in [6, 6.07) is 1.91. The van der Waals surface area contributed by atoms with Gasteiger partial charge >= 0.3 is 0 Å². The number of halogens is 2. The molecule has 0 spiro atoms. The minimum atomic E-state index is -0.258. The third-order valence-corrected chi connectivity index (χ3v) is 6.87. The quantitative estimate of drug-likeness (QED) is 0.727. The SMILES string of the molecule is O=C(c1cc(Br)c(Br)s1)N1CCCCC1C1OCCO1. The molecule has 1 unspecified atom stereocenters. The number of carbonyl (C=O) groups is 1. The smallest absolute Gasteiger partial charge is 0.264 e. The van der Waals surface area contributed by atoms with Crippen LogP contribution in [0.15, 0.2) is 14.3 Å². The van der Waals surface area contributed by atoms with E-state index in [0.29, 0.717) is 13.2 Å². The van der Waals surface area contributed by atoms with E-state index in [-0.39, 0.29) is 18.2 Å². The second kappa shape index (κ2) is 6.44. The number of hydrogen-bond acceptors (Lipinski definition) is 4. The van der Waals surface area contributed by atoms with Crippen LogP contribution in [0, 0.1) is 0 Å². The first-order chi connectivity index (χ1) is 9.66. The second-order valence-electron chi connectivity index (χ2n) is 4.90. The Hall–Kier alpha value is 0.0500. The molecule has 0 aliphatic carbocycles. The molecule has 2 saturated heterocycles. The van der Waals surface area contributed by atoms with Crippen LogP contribution in [0.3, 0.4) is 0 Å². The van der Waals surface area contributed by atoms with E-state index in [1.54, 1.807) is 0 Å². The van der Waals surface area contributed by atoms with Gasteiger partial charge in [-0.1, -0.05) is 0 Å². The van der Waals surface area contributed by atoms with Gasteiger partial charge in [0.2, 0.25) is 0 Å². The van der Waals surface area contributed by atoms with Gasteiger partial charge in [-0.05, 0) is 57.2 Å². The Morgan fingerprint density at radius 1 is 1.30 bits per heavy atom. The largest absolute Gasteiger partial charge is 0.348 e. The normalized spacial score (nSPS) is 24.3. The summed E-state index contributed by atoms with van der Waals surface area (Å²) >= 11 is 8.33. The van der Waals surface area contributed by atoms with Crippen LogP contribution in [-0.4, -0.2) is 42.9 Å². The monoisotopic (exact) mass is 423 g/mol. The highest BCUT2D eigenvalue weighted by Gasteiger charge is 2.37. The maximum absolute atomic E-state index is 12.7. The van der Waals surface area contributed by atoms with Crippen LogP contribution < -0.4 is 0 Å². The van der Waals surface area contributed by atoms with Crippen molar-refractivity contribution >= 4 is 49.1 Å². The highest BCUT2D eigenvalue weighted by molar-refractivity contribution is 9.13. The molecule has 1 aromatic heterocycles. The molecule has 3 heterocycles. The number of piperidine rings is 1. The molecule has 2 aliphatic heterocycles. The minimum Gasteiger partial charge on any atom is -0.348 e. The molecule has 3 rings (SSSR count). The summed E-state index contributed by atoms with van der Waals surface area (Å²) in [5, 5.41) is 0. The molecule has 0 radical (unpaired) electrons. The molecule has 110 valence electrons. The summed E-state index contributed by atoms with van der Waals surface area (Å²) in [4.78, 5) is 15.4. The number of likely N-dealkylation sites (tertiary alicyclic amines) is 1. The van der Waals surface area contributed by atoms with Crippen LogP contribution in [0.1, 0.15) is 28.9 Å². The van der Waals surface area contributed by atoms with E-state index in [1.807, 2.05) is 11.0 Å². The fourth-order valence-electron chi connectivity index (χ4n) is 2.68. The molecule has 1 amide bonds. The molecule has 0 aromatic carbocycles. The first-order valence-electron chi connectivity index (χ1n) is 6.66. The molecular formula is C13H15Br2NO3S. The highest BCUT2D eigenvalue weighted by atomic mass is 79.9. The van der Waals surface area contributed by atoms with Crippen molar-refractivity contribution < 1.29 is 14.3 Å². The average molecular weight is 425 g/mol. The van der Waals surface area contributed by atoms with Gasteiger partial charge in [0.15, 0.2) is 6.29 Å². The molecule has 20 heavy (non-hydrogen) atoms. The number of hydrogen-bond donors (Lipinski definition) is 0. The predicted octanol–water partition coefficient (Wildman–Crippen LogP) is 3.64. The zero-order valence-corrected chi connectivity index (χ0v) is 14.8. The Bertz CT molecular complexity index is 482. The van der Waals surface area contributed by atoms with E-state index in [0.717, 1.165) is 38.9 Å². The molecular weight excluding hydrogens is 410 g/mol. The zero-order chi connectivity index (χ0) is 14.1. The number of carbonyl (C=O) groups excluding carboxylic acids is 1. The summed E-state index contributed by atoms with van der Waals surface area (Å²) in [5.74, 6) is 0.0743. The summed E-state index contributed by atoms with van der Waals surface area (Å²) in [5.41, 5.74) is 0. The van der Waals surface area contributed by atoms with Crippen LogP contribution in [0.25, 0.3) is 0 Å². The second-order valence-corrected chi connectivity index (χ2v) is 8.13. The molecule has 1 aromatic rings. The molecule has 0 saturated carbocycles. The number of nitrogens with zero attached hydrogens (tertiary/aromatic N) is 1. The van der Waals surface area contributed by atoms with E-state index in [1.165, 1.54) is 11.3 Å². The number of ether oxygens (including phenoxy) is 2. The van der Waals surface area contributed by atoms with Crippen molar-refractivity contribution in [3.63, 3.8) is 0 Å². The summed E-state index contributed by atoms with van der Waals surface area (Å²) < 4.78 is 13.1. The van der Waals surface area contributed by atoms with E-state index in [2.05, 4.69) is 31.9 Å². The van der Waals surface area contributed by atoms with E-state index in [4.69, 9.17) is 9.47 Å². The van der Waals surface area contributed by atoms with Crippen LogP contribution in [0.5, 0.6) is 0 Å². The van der Waals surface area contributed by atoms with Gasteiger partial charge in [-0.15, -0.1) is 11.3 Å². The number of thiophene rings is 1. The minimum absolute atomic E-state index is 0.0402. The molecule has 2 aliphatic rings. The third kappa shape index (κ3) is 2.97. The topological polar surface area (TPSA) is 38.8 Å². The average Bonchev–Trinajstić information content (AvgIpc) is 3.09. The van der Waals surface area contributed by atoms with Crippen molar-refractivity contribution in [1.82, 2.24) is 4.90 Å². The van der Waals surface area contributed by atoms with Gasteiger partial charge in [-0.25, -0.2) is 0 Å². The Morgan fingerprint density at radius 3 is 2.70 bits per heavy atom. The first-order valence-corrected chi connectivity index (χ1v) is 9.06. The Kier molecular flexibility index (Phi) is 4.82. The fourth-order valence-corrected chi connectivity index (χ4v) is 4.68. The van der Waals surface area contributed by atoms with Gasteiger partial charge in [0.1, 0.15) is 0 Å². The van der Waals surface area contributed by atoms with Gasteiger partial charge in [0, 0.05) is 11.0 Å². The van der Waals surface area contributed by atoms with Crippen LogP contribution in [-0.2, 0) is 9.47 Å². The summed E-state index contributed by atoms with van der Waals surface area (Å²) in [7, 11) is 0. The van der Waals surface area contributed by atoms with E-state index in [9.17, 15) is 4.79 Å². The Labute approximate surface area is 138 Å². The first kappa shape index (κ1) is 15.0. The summed E-state index contributed by atoms with van der Waals surface area (Å²) in [6.45, 7) is 2.03. The van der Waals surface area contributed by atoms with Crippen molar-refractivity contribution in [2.75, 3.05) is 19.8 Å². The van der Waals surface area contributed by atoms with Crippen molar-refractivity contribution in [2.45, 2.75) is 31.6 Å². The highest BCUT2D eigenvalue weighted by Crippen LogP contribution is 2.34. The number of amides is 1. The fraction of sp³-hybridized carbons (Fsp3) is 0.615. The molecule has 1 atom stereocenters. The maximum atomic E-state index is 12.7. The van der Waals surface area contributed by atoms with Crippen molar-refractivity contribution in [2.24, 2.45) is 0 Å². The summed E-state index contributed by atoms with van der Waals surface area (Å²) in [6.07, 6.45) is 2.86. The van der Waals surface area contributed by atoms with Crippen LogP contribution in [0.4, 0.5) is 0 Å². The Morgan fingerprint density at radius 2 is 2.05 bits per heavy atom. The molecule has 0 bridgehead atoms. The maximum Gasteiger partial charge on any atom is 0.264 e. The van der Waals surface area contributed by atoms with Gasteiger partial charge in [0.25, 0.3) is 5.91 Å². The molecule has 0 N–H and O–H groups in total. The van der Waals surface area contributed by atoms with Crippen molar-refractivity contribution in [3.8, 4) is 0 Å². The predicted molar refractivity (Wildman–Crippen MR) is 84.1 cm³/mol.